The van der Waals surface area contributed by atoms with Crippen LogP contribution in [0.3, 0.4) is 0 Å². The van der Waals surface area contributed by atoms with Gasteiger partial charge in [0, 0.05) is 13.0 Å². The van der Waals surface area contributed by atoms with Gasteiger partial charge in [-0.1, -0.05) is 25.0 Å². The predicted octanol–water partition coefficient (Wildman–Crippen LogP) is 2.83. The maximum Gasteiger partial charge on any atom is 0.305 e. The number of ether oxygens (including phenoxy) is 1. The molecular weight excluding hydrogens is 204 g/mol. The van der Waals surface area contributed by atoms with Crippen LogP contribution < -0.4 is 0 Å². The van der Waals surface area contributed by atoms with Gasteiger partial charge in [-0.15, -0.1) is 0 Å². The minimum absolute atomic E-state index is 0.108. The fraction of sp³-hybridized carbons (Fsp3) is 0.769. The summed E-state index contributed by atoms with van der Waals surface area (Å²) in [7, 11) is 1.43. The maximum absolute atomic E-state index is 10.8. The van der Waals surface area contributed by atoms with Crippen molar-refractivity contribution in [2.45, 2.75) is 51.4 Å². The molecular formula is C13H24O3. The molecule has 3 nitrogen and oxygen atoms in total. The Morgan fingerprint density at radius 2 is 1.69 bits per heavy atom. The maximum atomic E-state index is 10.8. The van der Waals surface area contributed by atoms with E-state index in [4.69, 9.17) is 5.11 Å². The summed E-state index contributed by atoms with van der Waals surface area (Å²) in [5, 5.41) is 8.56. The first-order valence-electron chi connectivity index (χ1n) is 6.14. The Balaban J connectivity index is 3.09. The summed E-state index contributed by atoms with van der Waals surface area (Å²) >= 11 is 0. The number of aliphatic hydroxyl groups excluding tert-OH is 1. The molecule has 1 N–H and O–H groups in total. The molecule has 0 heterocycles. The Morgan fingerprint density at radius 1 is 1.06 bits per heavy atom. The number of carbonyl (C=O) groups is 1. The van der Waals surface area contributed by atoms with E-state index in [0.717, 1.165) is 32.1 Å². The normalized spacial score (nSPS) is 10.9. The van der Waals surface area contributed by atoms with Gasteiger partial charge in [0.15, 0.2) is 0 Å². The van der Waals surface area contributed by atoms with Crippen molar-refractivity contribution in [1.29, 1.82) is 0 Å². The zero-order valence-electron chi connectivity index (χ0n) is 10.3. The lowest BCUT2D eigenvalue weighted by molar-refractivity contribution is -0.140. The van der Waals surface area contributed by atoms with Gasteiger partial charge in [0.25, 0.3) is 0 Å². The van der Waals surface area contributed by atoms with E-state index in [1.54, 1.807) is 0 Å². The van der Waals surface area contributed by atoms with Crippen molar-refractivity contribution in [3.05, 3.63) is 12.2 Å². The molecule has 0 spiro atoms. The van der Waals surface area contributed by atoms with Crippen molar-refractivity contribution in [1.82, 2.24) is 0 Å². The fourth-order valence-electron chi connectivity index (χ4n) is 1.43. The average molecular weight is 228 g/mol. The number of unbranched alkanes of at least 4 members (excludes halogenated alkanes) is 5. The number of carbonyl (C=O) groups excluding carboxylic acids is 1. The van der Waals surface area contributed by atoms with Gasteiger partial charge in [0.05, 0.1) is 7.11 Å². The molecule has 0 saturated carbocycles. The third-order valence-corrected chi connectivity index (χ3v) is 2.42. The van der Waals surface area contributed by atoms with E-state index < -0.39 is 0 Å². The van der Waals surface area contributed by atoms with E-state index in [1.165, 1.54) is 20.0 Å². The van der Waals surface area contributed by atoms with Crippen LogP contribution in [0, 0.1) is 0 Å². The highest BCUT2D eigenvalue weighted by molar-refractivity contribution is 5.68. The molecule has 0 aromatic rings. The standard InChI is InChI=1S/C13H24O3/c1-16-13(15)11-9-7-5-3-2-4-6-8-10-12-14/h4,6,14H,2-3,5,7-12H2,1H3. The molecule has 94 valence electrons. The zero-order valence-corrected chi connectivity index (χ0v) is 10.3. The second-order valence-electron chi connectivity index (χ2n) is 3.87. The smallest absolute Gasteiger partial charge is 0.305 e. The van der Waals surface area contributed by atoms with Gasteiger partial charge in [0.1, 0.15) is 0 Å². The summed E-state index contributed by atoms with van der Waals surface area (Å²) < 4.78 is 4.56. The average Bonchev–Trinajstić information content (AvgIpc) is 2.31. The second kappa shape index (κ2) is 12.2. The van der Waals surface area contributed by atoms with E-state index in [9.17, 15) is 4.79 Å². The van der Waals surface area contributed by atoms with Crippen LogP contribution in [-0.2, 0) is 9.53 Å². The number of allylic oxidation sites excluding steroid dienone is 2. The molecule has 0 aliphatic rings. The first-order chi connectivity index (χ1) is 7.81. The molecule has 0 fully saturated rings. The molecule has 0 saturated heterocycles. The van der Waals surface area contributed by atoms with Crippen molar-refractivity contribution < 1.29 is 14.6 Å². The van der Waals surface area contributed by atoms with E-state index in [1.807, 2.05) is 0 Å². The van der Waals surface area contributed by atoms with Crippen LogP contribution in [0.1, 0.15) is 51.4 Å². The van der Waals surface area contributed by atoms with Crippen LogP contribution >= 0.6 is 0 Å². The van der Waals surface area contributed by atoms with Crippen molar-refractivity contribution >= 4 is 5.97 Å². The minimum atomic E-state index is -0.108. The van der Waals surface area contributed by atoms with E-state index >= 15 is 0 Å². The molecule has 0 aromatic carbocycles. The molecule has 0 rings (SSSR count). The lowest BCUT2D eigenvalue weighted by Crippen LogP contribution is -1.98. The Morgan fingerprint density at radius 3 is 2.31 bits per heavy atom. The number of esters is 1. The second-order valence-corrected chi connectivity index (χ2v) is 3.87. The van der Waals surface area contributed by atoms with E-state index in [-0.39, 0.29) is 12.6 Å². The summed E-state index contributed by atoms with van der Waals surface area (Å²) in [6, 6.07) is 0. The van der Waals surface area contributed by atoms with Gasteiger partial charge in [-0.3, -0.25) is 4.79 Å². The SMILES string of the molecule is COC(=O)CCCCCCC=CCCCO. The monoisotopic (exact) mass is 228 g/mol. The summed E-state index contributed by atoms with van der Waals surface area (Å²) in [4.78, 5) is 10.8. The first-order valence-corrected chi connectivity index (χ1v) is 6.14. The van der Waals surface area contributed by atoms with Crippen LogP contribution in [0.5, 0.6) is 0 Å². The molecule has 0 atom stereocenters. The quantitative estimate of drug-likeness (QED) is 0.355. The Hall–Kier alpha value is -0.830. The van der Waals surface area contributed by atoms with Crippen molar-refractivity contribution in [2.24, 2.45) is 0 Å². The molecule has 0 aliphatic heterocycles. The lowest BCUT2D eigenvalue weighted by Gasteiger charge is -1.99. The molecule has 0 unspecified atom stereocenters. The summed E-state index contributed by atoms with van der Waals surface area (Å²) in [5.41, 5.74) is 0. The van der Waals surface area contributed by atoms with Crippen LogP contribution in [0.2, 0.25) is 0 Å². The molecule has 0 aliphatic carbocycles. The Kier molecular flexibility index (Phi) is 11.6. The molecule has 16 heavy (non-hydrogen) atoms. The predicted molar refractivity (Wildman–Crippen MR) is 65.2 cm³/mol. The first kappa shape index (κ1) is 15.2. The minimum Gasteiger partial charge on any atom is -0.469 e. The molecule has 0 aromatic heterocycles. The molecule has 0 bridgehead atoms. The van der Waals surface area contributed by atoms with Gasteiger partial charge in [-0.25, -0.2) is 0 Å². The highest BCUT2D eigenvalue weighted by Crippen LogP contribution is 2.06. The lowest BCUT2D eigenvalue weighted by atomic mass is 10.1. The van der Waals surface area contributed by atoms with Gasteiger partial charge < -0.3 is 9.84 Å². The number of rotatable bonds is 10. The van der Waals surface area contributed by atoms with Crippen LogP contribution in [-0.4, -0.2) is 24.8 Å². The van der Waals surface area contributed by atoms with Crippen molar-refractivity contribution in [3.8, 4) is 0 Å². The highest BCUT2D eigenvalue weighted by Gasteiger charge is 1.98. The van der Waals surface area contributed by atoms with Gasteiger partial charge in [-0.05, 0) is 32.1 Å². The molecule has 0 amide bonds. The number of hydrogen-bond donors (Lipinski definition) is 1. The van der Waals surface area contributed by atoms with E-state index in [0.29, 0.717) is 6.42 Å². The Labute approximate surface area is 98.5 Å². The molecule has 0 radical (unpaired) electrons. The number of methoxy groups -OCH3 is 1. The third kappa shape index (κ3) is 11.2. The zero-order chi connectivity index (χ0) is 12.1. The van der Waals surface area contributed by atoms with Crippen LogP contribution in [0.4, 0.5) is 0 Å². The van der Waals surface area contributed by atoms with Crippen LogP contribution in [0.15, 0.2) is 12.2 Å². The summed E-state index contributed by atoms with van der Waals surface area (Å²) in [6.07, 6.45) is 12.2. The highest BCUT2D eigenvalue weighted by atomic mass is 16.5. The van der Waals surface area contributed by atoms with Gasteiger partial charge >= 0.3 is 5.97 Å². The largest absolute Gasteiger partial charge is 0.469 e. The number of hydrogen-bond acceptors (Lipinski definition) is 3. The topological polar surface area (TPSA) is 46.5 Å². The fourth-order valence-corrected chi connectivity index (χ4v) is 1.43. The molecule has 3 heteroatoms. The van der Waals surface area contributed by atoms with Crippen molar-refractivity contribution in [2.75, 3.05) is 13.7 Å². The third-order valence-electron chi connectivity index (χ3n) is 2.42. The van der Waals surface area contributed by atoms with Crippen LogP contribution in [0.25, 0.3) is 0 Å². The van der Waals surface area contributed by atoms with E-state index in [2.05, 4.69) is 16.9 Å². The van der Waals surface area contributed by atoms with Gasteiger partial charge in [-0.2, -0.15) is 0 Å². The van der Waals surface area contributed by atoms with Gasteiger partial charge in [0.2, 0.25) is 0 Å². The Bertz CT molecular complexity index is 188. The number of aliphatic hydroxyl groups is 1. The van der Waals surface area contributed by atoms with Crippen molar-refractivity contribution in [3.63, 3.8) is 0 Å². The summed E-state index contributed by atoms with van der Waals surface area (Å²) in [5.74, 6) is -0.108. The summed E-state index contributed by atoms with van der Waals surface area (Å²) in [6.45, 7) is 0.276.